The van der Waals surface area contributed by atoms with Gasteiger partial charge >= 0.3 is 0 Å². The maximum absolute atomic E-state index is 10.3. The molecule has 1 aliphatic rings. The Bertz CT molecular complexity index is 197. The minimum atomic E-state index is -0.617. The third-order valence-corrected chi connectivity index (χ3v) is 3.39. The second kappa shape index (κ2) is 6.55. The zero-order valence-corrected chi connectivity index (χ0v) is 10.7. The van der Waals surface area contributed by atoms with Crippen LogP contribution in [-0.2, 0) is 9.47 Å². The molecular formula is C12H25NO3. The summed E-state index contributed by atoms with van der Waals surface area (Å²) in [5.74, 6) is 0. The zero-order valence-electron chi connectivity index (χ0n) is 10.7. The molecule has 0 aromatic heterocycles. The first-order valence-corrected chi connectivity index (χ1v) is 6.07. The standard InChI is InChI=1S/C12H25NO3/c1-12(14)6-9-16-10-11(12)13(2)7-4-5-8-15-3/h11,14H,4-10H2,1-3H3. The predicted molar refractivity (Wildman–Crippen MR) is 63.6 cm³/mol. The third kappa shape index (κ3) is 4.01. The summed E-state index contributed by atoms with van der Waals surface area (Å²) in [6, 6.07) is 0.115. The van der Waals surface area contributed by atoms with E-state index >= 15 is 0 Å². The lowest BCUT2D eigenvalue weighted by molar-refractivity contribution is -0.113. The number of nitrogens with zero attached hydrogens (tertiary/aromatic N) is 1. The fourth-order valence-corrected chi connectivity index (χ4v) is 2.19. The van der Waals surface area contributed by atoms with Gasteiger partial charge in [0.25, 0.3) is 0 Å². The molecule has 1 rings (SSSR count). The molecular weight excluding hydrogens is 206 g/mol. The normalized spacial score (nSPS) is 30.9. The van der Waals surface area contributed by atoms with Crippen molar-refractivity contribution in [1.29, 1.82) is 0 Å². The van der Waals surface area contributed by atoms with Crippen molar-refractivity contribution in [3.05, 3.63) is 0 Å². The molecule has 0 bridgehead atoms. The molecule has 1 saturated heterocycles. The summed E-state index contributed by atoms with van der Waals surface area (Å²) in [6.45, 7) is 5.00. The molecule has 2 unspecified atom stereocenters. The van der Waals surface area contributed by atoms with E-state index in [0.717, 1.165) is 32.4 Å². The molecule has 0 amide bonds. The third-order valence-electron chi connectivity index (χ3n) is 3.39. The summed E-state index contributed by atoms with van der Waals surface area (Å²) < 4.78 is 10.5. The first kappa shape index (κ1) is 13.9. The van der Waals surface area contributed by atoms with Crippen molar-refractivity contribution in [3.63, 3.8) is 0 Å². The number of hydrogen-bond donors (Lipinski definition) is 1. The monoisotopic (exact) mass is 231 g/mol. The van der Waals surface area contributed by atoms with Gasteiger partial charge in [0, 0.05) is 26.7 Å². The van der Waals surface area contributed by atoms with Gasteiger partial charge in [-0.15, -0.1) is 0 Å². The maximum atomic E-state index is 10.3. The Morgan fingerprint density at radius 3 is 2.88 bits per heavy atom. The van der Waals surface area contributed by atoms with Crippen molar-refractivity contribution in [2.45, 2.75) is 37.8 Å². The van der Waals surface area contributed by atoms with Gasteiger partial charge in [0.15, 0.2) is 0 Å². The van der Waals surface area contributed by atoms with Crippen LogP contribution in [0.5, 0.6) is 0 Å². The van der Waals surface area contributed by atoms with Crippen LogP contribution in [0.15, 0.2) is 0 Å². The van der Waals surface area contributed by atoms with E-state index in [0.29, 0.717) is 13.2 Å². The number of likely N-dealkylation sites (N-methyl/N-ethyl adjacent to an activating group) is 1. The largest absolute Gasteiger partial charge is 0.388 e. The van der Waals surface area contributed by atoms with Gasteiger partial charge in [-0.2, -0.15) is 0 Å². The van der Waals surface area contributed by atoms with Crippen molar-refractivity contribution < 1.29 is 14.6 Å². The van der Waals surface area contributed by atoms with Gasteiger partial charge in [0.2, 0.25) is 0 Å². The van der Waals surface area contributed by atoms with Crippen LogP contribution in [0.1, 0.15) is 26.2 Å². The Balaban J connectivity index is 2.31. The summed E-state index contributed by atoms with van der Waals surface area (Å²) in [4.78, 5) is 2.20. The number of unbranched alkanes of at least 4 members (excludes halogenated alkanes) is 1. The van der Waals surface area contributed by atoms with Crippen molar-refractivity contribution >= 4 is 0 Å². The van der Waals surface area contributed by atoms with Crippen LogP contribution in [0, 0.1) is 0 Å². The molecule has 4 nitrogen and oxygen atoms in total. The maximum Gasteiger partial charge on any atom is 0.0818 e. The summed E-state index contributed by atoms with van der Waals surface area (Å²) >= 11 is 0. The smallest absolute Gasteiger partial charge is 0.0818 e. The topological polar surface area (TPSA) is 41.9 Å². The van der Waals surface area contributed by atoms with Gasteiger partial charge < -0.3 is 14.6 Å². The van der Waals surface area contributed by atoms with Gasteiger partial charge in [-0.25, -0.2) is 0 Å². The summed E-state index contributed by atoms with van der Waals surface area (Å²) in [7, 11) is 3.78. The Morgan fingerprint density at radius 2 is 2.25 bits per heavy atom. The van der Waals surface area contributed by atoms with Gasteiger partial charge in [-0.3, -0.25) is 4.90 Å². The number of rotatable bonds is 6. The van der Waals surface area contributed by atoms with E-state index in [1.54, 1.807) is 7.11 Å². The van der Waals surface area contributed by atoms with Gasteiger partial charge in [-0.05, 0) is 33.4 Å². The van der Waals surface area contributed by atoms with E-state index in [1.807, 2.05) is 6.92 Å². The minimum Gasteiger partial charge on any atom is -0.388 e. The van der Waals surface area contributed by atoms with Crippen molar-refractivity contribution in [1.82, 2.24) is 4.90 Å². The quantitative estimate of drug-likeness (QED) is 0.689. The predicted octanol–water partition coefficient (Wildman–Crippen LogP) is 0.885. The van der Waals surface area contributed by atoms with Crippen LogP contribution < -0.4 is 0 Å². The second-order valence-corrected chi connectivity index (χ2v) is 4.88. The highest BCUT2D eigenvalue weighted by atomic mass is 16.5. The molecule has 0 aliphatic carbocycles. The molecule has 1 fully saturated rings. The number of ether oxygens (including phenoxy) is 2. The molecule has 4 heteroatoms. The fraction of sp³-hybridized carbons (Fsp3) is 1.00. The molecule has 0 saturated carbocycles. The van der Waals surface area contributed by atoms with Crippen LogP contribution in [0.3, 0.4) is 0 Å². The molecule has 2 atom stereocenters. The Hall–Kier alpha value is -0.160. The van der Waals surface area contributed by atoms with Gasteiger partial charge in [-0.1, -0.05) is 0 Å². The Morgan fingerprint density at radius 1 is 1.50 bits per heavy atom. The zero-order chi connectivity index (χ0) is 12.0. The Labute approximate surface area is 98.5 Å². The molecule has 0 spiro atoms. The molecule has 0 radical (unpaired) electrons. The second-order valence-electron chi connectivity index (χ2n) is 4.88. The number of aliphatic hydroxyl groups is 1. The average molecular weight is 231 g/mol. The van der Waals surface area contributed by atoms with Crippen LogP contribution in [0.2, 0.25) is 0 Å². The van der Waals surface area contributed by atoms with Crippen molar-refractivity contribution in [2.75, 3.05) is 40.5 Å². The van der Waals surface area contributed by atoms with E-state index in [9.17, 15) is 5.11 Å². The summed E-state index contributed by atoms with van der Waals surface area (Å²) in [6.07, 6.45) is 2.88. The summed E-state index contributed by atoms with van der Waals surface area (Å²) in [5.41, 5.74) is -0.617. The highest BCUT2D eigenvalue weighted by molar-refractivity contribution is 4.91. The molecule has 0 aromatic carbocycles. The van der Waals surface area contributed by atoms with Gasteiger partial charge in [0.05, 0.1) is 18.2 Å². The molecule has 1 N–H and O–H groups in total. The number of hydrogen-bond acceptors (Lipinski definition) is 4. The number of methoxy groups -OCH3 is 1. The molecule has 1 aliphatic heterocycles. The lowest BCUT2D eigenvalue weighted by Crippen LogP contribution is -2.55. The van der Waals surface area contributed by atoms with Gasteiger partial charge in [0.1, 0.15) is 0 Å². The van der Waals surface area contributed by atoms with E-state index in [4.69, 9.17) is 9.47 Å². The average Bonchev–Trinajstić information content (AvgIpc) is 2.23. The molecule has 96 valence electrons. The summed E-state index contributed by atoms with van der Waals surface area (Å²) in [5, 5.41) is 10.3. The van der Waals surface area contributed by atoms with E-state index < -0.39 is 5.60 Å². The molecule has 16 heavy (non-hydrogen) atoms. The fourth-order valence-electron chi connectivity index (χ4n) is 2.19. The van der Waals surface area contributed by atoms with Crippen LogP contribution >= 0.6 is 0 Å². The van der Waals surface area contributed by atoms with Crippen molar-refractivity contribution in [2.24, 2.45) is 0 Å². The lowest BCUT2D eigenvalue weighted by Gasteiger charge is -2.42. The van der Waals surface area contributed by atoms with Crippen LogP contribution in [0.25, 0.3) is 0 Å². The highest BCUT2D eigenvalue weighted by Crippen LogP contribution is 2.24. The lowest BCUT2D eigenvalue weighted by atomic mass is 9.90. The highest BCUT2D eigenvalue weighted by Gasteiger charge is 2.37. The van der Waals surface area contributed by atoms with E-state index in [1.165, 1.54) is 0 Å². The molecule has 1 heterocycles. The van der Waals surface area contributed by atoms with E-state index in [2.05, 4.69) is 11.9 Å². The van der Waals surface area contributed by atoms with Crippen LogP contribution in [-0.4, -0.2) is 62.2 Å². The van der Waals surface area contributed by atoms with Crippen molar-refractivity contribution in [3.8, 4) is 0 Å². The Kier molecular flexibility index (Phi) is 5.69. The van der Waals surface area contributed by atoms with E-state index in [-0.39, 0.29) is 6.04 Å². The first-order chi connectivity index (χ1) is 7.58. The SMILES string of the molecule is COCCCCN(C)C1COCCC1(C)O. The minimum absolute atomic E-state index is 0.115. The first-order valence-electron chi connectivity index (χ1n) is 6.07. The molecule has 0 aromatic rings. The van der Waals surface area contributed by atoms with Crippen LogP contribution in [0.4, 0.5) is 0 Å².